The molecule has 0 radical (unpaired) electrons. The minimum atomic E-state index is -0.331. The van der Waals surface area contributed by atoms with Gasteiger partial charge in [0, 0.05) is 19.0 Å². The highest BCUT2D eigenvalue weighted by Crippen LogP contribution is 2.24. The summed E-state index contributed by atoms with van der Waals surface area (Å²) in [6.07, 6.45) is 0.350. The number of nitrogen functional groups attached to an aromatic ring is 1. The number of hydrazine groups is 1. The molecule has 1 unspecified atom stereocenters. The van der Waals surface area contributed by atoms with Crippen molar-refractivity contribution in [2.75, 3.05) is 23.9 Å². The fraction of sp³-hybridized carbons (Fsp3) is 0.385. The Morgan fingerprint density at radius 1 is 1.37 bits per heavy atom. The van der Waals surface area contributed by atoms with E-state index in [4.69, 9.17) is 5.84 Å². The second kappa shape index (κ2) is 5.81. The molecule has 1 aromatic carbocycles. The molecule has 0 aliphatic rings. The van der Waals surface area contributed by atoms with Crippen LogP contribution in [0.4, 0.5) is 11.8 Å². The monoisotopic (exact) mass is 261 g/mol. The first-order valence-corrected chi connectivity index (χ1v) is 6.24. The fourth-order valence-corrected chi connectivity index (χ4v) is 1.90. The molecule has 1 aromatic heterocycles. The van der Waals surface area contributed by atoms with Crippen LogP contribution in [0.5, 0.6) is 0 Å². The zero-order valence-corrected chi connectivity index (χ0v) is 11.2. The van der Waals surface area contributed by atoms with Crippen molar-refractivity contribution < 1.29 is 5.11 Å². The Morgan fingerprint density at radius 2 is 2.11 bits per heavy atom. The molecule has 4 N–H and O–H groups in total. The second-order valence-electron chi connectivity index (χ2n) is 4.59. The van der Waals surface area contributed by atoms with Crippen LogP contribution >= 0.6 is 0 Å². The Balaban J connectivity index is 2.39. The lowest BCUT2D eigenvalue weighted by molar-refractivity contribution is 0.187. The van der Waals surface area contributed by atoms with E-state index in [9.17, 15) is 5.11 Å². The van der Waals surface area contributed by atoms with Crippen LogP contribution in [0.3, 0.4) is 0 Å². The molecule has 0 aliphatic carbocycles. The van der Waals surface area contributed by atoms with Gasteiger partial charge in [-0.3, -0.25) is 5.43 Å². The minimum Gasteiger partial charge on any atom is -0.393 e. The van der Waals surface area contributed by atoms with Gasteiger partial charge in [0.15, 0.2) is 0 Å². The Kier molecular flexibility index (Phi) is 4.13. The molecule has 2 aromatic rings. The van der Waals surface area contributed by atoms with Gasteiger partial charge in [-0.25, -0.2) is 10.8 Å². The van der Waals surface area contributed by atoms with E-state index in [1.54, 1.807) is 6.92 Å². The summed E-state index contributed by atoms with van der Waals surface area (Å²) in [5.74, 6) is 6.59. The van der Waals surface area contributed by atoms with E-state index in [0.29, 0.717) is 18.9 Å². The van der Waals surface area contributed by atoms with E-state index in [1.165, 1.54) is 0 Å². The Bertz CT molecular complexity index is 558. The van der Waals surface area contributed by atoms with Gasteiger partial charge in [0.2, 0.25) is 5.95 Å². The largest absolute Gasteiger partial charge is 0.393 e. The number of hydrogen-bond donors (Lipinski definition) is 3. The van der Waals surface area contributed by atoms with E-state index in [0.717, 1.165) is 16.7 Å². The predicted molar refractivity (Wildman–Crippen MR) is 76.9 cm³/mol. The highest BCUT2D eigenvalue weighted by atomic mass is 16.3. The van der Waals surface area contributed by atoms with E-state index in [-0.39, 0.29) is 6.10 Å². The molecule has 0 saturated carbocycles. The van der Waals surface area contributed by atoms with Gasteiger partial charge >= 0.3 is 0 Å². The molecule has 0 spiro atoms. The third-order valence-electron chi connectivity index (χ3n) is 2.96. The molecular weight excluding hydrogens is 242 g/mol. The van der Waals surface area contributed by atoms with Gasteiger partial charge in [-0.15, -0.1) is 0 Å². The normalized spacial score (nSPS) is 12.4. The number of aromatic nitrogens is 2. The second-order valence-corrected chi connectivity index (χ2v) is 4.59. The minimum absolute atomic E-state index is 0.331. The number of aliphatic hydroxyl groups is 1. The number of nitrogens with one attached hydrogen (secondary N) is 1. The first kappa shape index (κ1) is 13.5. The summed E-state index contributed by atoms with van der Waals surface area (Å²) in [6, 6.07) is 7.77. The van der Waals surface area contributed by atoms with Crippen molar-refractivity contribution >= 4 is 22.7 Å². The van der Waals surface area contributed by atoms with Crippen molar-refractivity contribution in [3.63, 3.8) is 0 Å². The van der Waals surface area contributed by atoms with Gasteiger partial charge < -0.3 is 10.0 Å². The molecular formula is C13H19N5O. The number of nitrogens with two attached hydrogens (primary N) is 1. The van der Waals surface area contributed by atoms with Gasteiger partial charge in [-0.2, -0.15) is 4.98 Å². The van der Waals surface area contributed by atoms with Crippen LogP contribution in [0.15, 0.2) is 24.3 Å². The van der Waals surface area contributed by atoms with Crippen LogP contribution in [0.25, 0.3) is 10.9 Å². The lowest BCUT2D eigenvalue weighted by Gasteiger charge is -2.21. The number of hydrogen-bond acceptors (Lipinski definition) is 6. The maximum Gasteiger partial charge on any atom is 0.239 e. The third kappa shape index (κ3) is 3.10. The molecule has 0 bridgehead atoms. The quantitative estimate of drug-likeness (QED) is 0.552. The van der Waals surface area contributed by atoms with Crippen LogP contribution < -0.4 is 16.2 Å². The molecule has 6 heteroatoms. The number of fused-ring (bicyclic) bond motifs is 1. The van der Waals surface area contributed by atoms with Gasteiger partial charge in [-0.05, 0) is 25.5 Å². The third-order valence-corrected chi connectivity index (χ3v) is 2.96. The van der Waals surface area contributed by atoms with E-state index < -0.39 is 0 Å². The van der Waals surface area contributed by atoms with Crippen molar-refractivity contribution in [2.24, 2.45) is 5.84 Å². The van der Waals surface area contributed by atoms with Gasteiger partial charge in [0.05, 0.1) is 11.6 Å². The molecule has 19 heavy (non-hydrogen) atoms. The van der Waals surface area contributed by atoms with Crippen molar-refractivity contribution in [3.05, 3.63) is 24.3 Å². The van der Waals surface area contributed by atoms with Crippen molar-refractivity contribution in [1.82, 2.24) is 9.97 Å². The fourth-order valence-electron chi connectivity index (χ4n) is 1.90. The van der Waals surface area contributed by atoms with Gasteiger partial charge in [0.1, 0.15) is 5.82 Å². The van der Waals surface area contributed by atoms with Crippen molar-refractivity contribution in [2.45, 2.75) is 19.4 Å². The highest BCUT2D eigenvalue weighted by Gasteiger charge is 2.11. The summed E-state index contributed by atoms with van der Waals surface area (Å²) in [4.78, 5) is 10.7. The van der Waals surface area contributed by atoms with Crippen LogP contribution in [-0.2, 0) is 0 Å². The Morgan fingerprint density at radius 3 is 2.79 bits per heavy atom. The highest BCUT2D eigenvalue weighted by molar-refractivity contribution is 5.90. The van der Waals surface area contributed by atoms with Gasteiger partial charge in [-0.1, -0.05) is 12.1 Å². The topological polar surface area (TPSA) is 87.3 Å². The zero-order chi connectivity index (χ0) is 13.8. The molecule has 0 fully saturated rings. The van der Waals surface area contributed by atoms with Crippen LogP contribution in [0.2, 0.25) is 0 Å². The van der Waals surface area contributed by atoms with Crippen LogP contribution in [-0.4, -0.2) is 34.8 Å². The number of anilines is 2. The smallest absolute Gasteiger partial charge is 0.239 e. The summed E-state index contributed by atoms with van der Waals surface area (Å²) in [5, 5.41) is 10.3. The molecule has 1 heterocycles. The first-order valence-electron chi connectivity index (χ1n) is 6.24. The van der Waals surface area contributed by atoms with Crippen molar-refractivity contribution in [1.29, 1.82) is 0 Å². The summed E-state index contributed by atoms with van der Waals surface area (Å²) in [7, 11) is 1.94. The maximum atomic E-state index is 9.37. The van der Waals surface area contributed by atoms with Crippen LogP contribution in [0, 0.1) is 0 Å². The summed E-state index contributed by atoms with van der Waals surface area (Å²) >= 11 is 0. The van der Waals surface area contributed by atoms with Crippen LogP contribution in [0.1, 0.15) is 13.3 Å². The van der Waals surface area contributed by atoms with E-state index >= 15 is 0 Å². The molecule has 0 amide bonds. The van der Waals surface area contributed by atoms with E-state index in [2.05, 4.69) is 15.4 Å². The number of aliphatic hydroxyl groups excluding tert-OH is 1. The summed E-state index contributed by atoms with van der Waals surface area (Å²) in [6.45, 7) is 2.49. The number of benzene rings is 1. The molecule has 0 aliphatic heterocycles. The lowest BCUT2D eigenvalue weighted by atomic mass is 10.2. The molecule has 6 nitrogen and oxygen atoms in total. The number of para-hydroxylation sites is 1. The zero-order valence-electron chi connectivity index (χ0n) is 11.2. The Hall–Kier alpha value is -1.92. The standard InChI is InChI=1S/C13H19N5O/c1-9(19)7-8-18(2)12-10-5-3-4-6-11(10)15-13(16-12)17-14/h3-6,9,19H,7-8,14H2,1-2H3,(H,15,16,17). The van der Waals surface area contributed by atoms with Gasteiger partial charge in [0.25, 0.3) is 0 Å². The molecule has 2 rings (SSSR count). The SMILES string of the molecule is CC(O)CCN(C)c1nc(NN)nc2ccccc12. The first-order chi connectivity index (χ1) is 9.11. The molecule has 1 atom stereocenters. The van der Waals surface area contributed by atoms with E-state index in [1.807, 2.05) is 36.2 Å². The maximum absolute atomic E-state index is 9.37. The predicted octanol–water partition coefficient (Wildman–Crippen LogP) is 1.12. The molecule has 102 valence electrons. The van der Waals surface area contributed by atoms with Crippen molar-refractivity contribution in [3.8, 4) is 0 Å². The number of rotatable bonds is 5. The average molecular weight is 261 g/mol. The average Bonchev–Trinajstić information content (AvgIpc) is 2.43. The lowest BCUT2D eigenvalue weighted by Crippen LogP contribution is -2.24. The summed E-state index contributed by atoms with van der Waals surface area (Å²) < 4.78 is 0. The summed E-state index contributed by atoms with van der Waals surface area (Å²) in [5.41, 5.74) is 3.32. The molecule has 0 saturated heterocycles. The Labute approximate surface area is 112 Å². The number of nitrogens with zero attached hydrogens (tertiary/aromatic N) is 3.